The number of para-hydroxylation sites is 1. The molecule has 1 aromatic carbocycles. The number of hydrogen-bond donors (Lipinski definition) is 3. The smallest absolute Gasteiger partial charge is 0.270 e. The summed E-state index contributed by atoms with van der Waals surface area (Å²) in [4.78, 5) is 25.9. The Morgan fingerprint density at radius 3 is 2.31 bits per heavy atom. The zero-order valence-corrected chi connectivity index (χ0v) is 21.2. The number of aromatic nitrogens is 2. The molecular formula is C28H40N4O3. The predicted octanol–water partition coefficient (Wildman–Crippen LogP) is 4.24. The van der Waals surface area contributed by atoms with Gasteiger partial charge in [-0.15, -0.1) is 0 Å². The molecule has 7 nitrogen and oxygen atoms in total. The quantitative estimate of drug-likeness (QED) is 0.552. The lowest BCUT2D eigenvalue weighted by molar-refractivity contribution is -0.131. The average molecular weight is 481 g/mol. The standard InChI is InChI=1S/C28H40N4O3/c1-28(2,3)20-14-12-19(13-15-20)18-25(33)27(35)31-23-11-7-10-22(23)30-26(34)24-16-17-29-32(24)21-8-5-4-6-9-21/h4-6,8-9,16-17,19-20,22-23,25,33H,7,10-15,18H2,1-3H3,(H,30,34)(H,31,35)/t19?,20?,22-,23-,25?/m1/s1. The largest absolute Gasteiger partial charge is 0.383 e. The number of aliphatic hydroxyl groups is 1. The second-order valence-corrected chi connectivity index (χ2v) is 11.4. The van der Waals surface area contributed by atoms with Crippen LogP contribution in [0.4, 0.5) is 0 Å². The van der Waals surface area contributed by atoms with E-state index < -0.39 is 6.10 Å². The van der Waals surface area contributed by atoms with Crippen molar-refractivity contribution in [2.24, 2.45) is 17.3 Å². The Kier molecular flexibility index (Phi) is 7.95. The fourth-order valence-corrected chi connectivity index (χ4v) is 5.76. The summed E-state index contributed by atoms with van der Waals surface area (Å²) < 4.78 is 1.62. The molecule has 2 aromatic rings. The first-order chi connectivity index (χ1) is 16.7. The maximum atomic E-state index is 13.0. The average Bonchev–Trinajstić information content (AvgIpc) is 3.49. The van der Waals surface area contributed by atoms with Crippen LogP contribution in [0.25, 0.3) is 5.69 Å². The topological polar surface area (TPSA) is 96.2 Å². The zero-order valence-electron chi connectivity index (χ0n) is 21.2. The lowest BCUT2D eigenvalue weighted by Gasteiger charge is -2.37. The van der Waals surface area contributed by atoms with Gasteiger partial charge in [0.2, 0.25) is 5.91 Å². The summed E-state index contributed by atoms with van der Waals surface area (Å²) >= 11 is 0. The number of nitrogens with one attached hydrogen (secondary N) is 2. The molecule has 4 rings (SSSR count). The summed E-state index contributed by atoms with van der Waals surface area (Å²) in [5.74, 6) is 0.578. The molecule has 0 saturated heterocycles. The van der Waals surface area contributed by atoms with Crippen molar-refractivity contribution in [1.82, 2.24) is 20.4 Å². The van der Waals surface area contributed by atoms with E-state index >= 15 is 0 Å². The molecule has 2 aliphatic rings. The molecule has 0 spiro atoms. The van der Waals surface area contributed by atoms with Crippen LogP contribution in [0.5, 0.6) is 0 Å². The van der Waals surface area contributed by atoms with Crippen LogP contribution in [-0.4, -0.2) is 44.9 Å². The highest BCUT2D eigenvalue weighted by Crippen LogP contribution is 2.41. The molecule has 2 saturated carbocycles. The first-order valence-electron chi connectivity index (χ1n) is 13.1. The molecule has 0 aliphatic heterocycles. The van der Waals surface area contributed by atoms with E-state index in [0.29, 0.717) is 29.4 Å². The highest BCUT2D eigenvalue weighted by atomic mass is 16.3. The van der Waals surface area contributed by atoms with Crippen molar-refractivity contribution in [2.75, 3.05) is 0 Å². The van der Waals surface area contributed by atoms with Crippen LogP contribution in [0.1, 0.15) is 82.6 Å². The summed E-state index contributed by atoms with van der Waals surface area (Å²) in [5, 5.41) is 21.0. The number of rotatable bonds is 7. The molecule has 2 amide bonds. The number of carbonyl (C=O) groups excluding carboxylic acids is 2. The number of nitrogens with zero attached hydrogens (tertiary/aromatic N) is 2. The van der Waals surface area contributed by atoms with Crippen LogP contribution in [0.3, 0.4) is 0 Å². The molecule has 7 heteroatoms. The Morgan fingerprint density at radius 2 is 1.66 bits per heavy atom. The minimum atomic E-state index is -0.998. The molecule has 3 atom stereocenters. The van der Waals surface area contributed by atoms with Crippen LogP contribution in [0, 0.1) is 17.3 Å². The number of carbonyl (C=O) groups is 2. The van der Waals surface area contributed by atoms with Crippen molar-refractivity contribution >= 4 is 11.8 Å². The van der Waals surface area contributed by atoms with E-state index in [1.165, 1.54) is 12.8 Å². The van der Waals surface area contributed by atoms with Gasteiger partial charge in [-0.1, -0.05) is 51.8 Å². The van der Waals surface area contributed by atoms with Crippen LogP contribution >= 0.6 is 0 Å². The van der Waals surface area contributed by atoms with Crippen LogP contribution in [0.15, 0.2) is 42.6 Å². The van der Waals surface area contributed by atoms with Crippen molar-refractivity contribution < 1.29 is 14.7 Å². The van der Waals surface area contributed by atoms with Gasteiger partial charge in [0.1, 0.15) is 11.8 Å². The van der Waals surface area contributed by atoms with Crippen LogP contribution in [0.2, 0.25) is 0 Å². The fourth-order valence-electron chi connectivity index (χ4n) is 5.76. The maximum Gasteiger partial charge on any atom is 0.270 e. The van der Waals surface area contributed by atoms with E-state index in [1.807, 2.05) is 30.3 Å². The predicted molar refractivity (Wildman–Crippen MR) is 136 cm³/mol. The third-order valence-electron chi connectivity index (χ3n) is 7.97. The van der Waals surface area contributed by atoms with E-state index in [9.17, 15) is 14.7 Å². The lowest BCUT2D eigenvalue weighted by Crippen LogP contribution is -2.51. The molecular weight excluding hydrogens is 440 g/mol. The normalized spacial score (nSPS) is 25.7. The zero-order chi connectivity index (χ0) is 25.0. The molecule has 1 heterocycles. The Labute approximate surface area is 208 Å². The maximum absolute atomic E-state index is 13.0. The molecule has 35 heavy (non-hydrogen) atoms. The number of benzene rings is 1. The van der Waals surface area contributed by atoms with Crippen molar-refractivity contribution in [3.05, 3.63) is 48.3 Å². The molecule has 2 aliphatic carbocycles. The van der Waals surface area contributed by atoms with Gasteiger partial charge < -0.3 is 15.7 Å². The highest BCUT2D eigenvalue weighted by Gasteiger charge is 2.34. The molecule has 0 radical (unpaired) electrons. The summed E-state index contributed by atoms with van der Waals surface area (Å²) in [7, 11) is 0. The van der Waals surface area contributed by atoms with Gasteiger partial charge in [0.05, 0.1) is 11.9 Å². The lowest BCUT2D eigenvalue weighted by atomic mass is 9.69. The third-order valence-corrected chi connectivity index (χ3v) is 7.97. The number of amides is 2. The Bertz CT molecular complexity index is 989. The van der Waals surface area contributed by atoms with Gasteiger partial charge in [-0.2, -0.15) is 5.10 Å². The van der Waals surface area contributed by atoms with E-state index in [0.717, 1.165) is 37.8 Å². The van der Waals surface area contributed by atoms with Gasteiger partial charge in [-0.25, -0.2) is 4.68 Å². The van der Waals surface area contributed by atoms with Crippen LogP contribution < -0.4 is 10.6 Å². The minimum absolute atomic E-state index is 0.167. The van der Waals surface area contributed by atoms with Gasteiger partial charge in [0, 0.05) is 12.1 Å². The summed E-state index contributed by atoms with van der Waals surface area (Å²) in [6.07, 6.45) is 8.11. The summed E-state index contributed by atoms with van der Waals surface area (Å²) in [6, 6.07) is 10.9. The minimum Gasteiger partial charge on any atom is -0.383 e. The van der Waals surface area contributed by atoms with Gasteiger partial charge in [-0.05, 0) is 74.0 Å². The molecule has 2 fully saturated rings. The summed E-state index contributed by atoms with van der Waals surface area (Å²) in [6.45, 7) is 6.89. The van der Waals surface area contributed by atoms with Gasteiger partial charge >= 0.3 is 0 Å². The second-order valence-electron chi connectivity index (χ2n) is 11.4. The Balaban J connectivity index is 1.29. The molecule has 3 N–H and O–H groups in total. The van der Waals surface area contributed by atoms with Crippen molar-refractivity contribution in [3.63, 3.8) is 0 Å². The van der Waals surface area contributed by atoms with Crippen LogP contribution in [-0.2, 0) is 4.79 Å². The van der Waals surface area contributed by atoms with E-state index in [1.54, 1.807) is 16.9 Å². The van der Waals surface area contributed by atoms with E-state index in [-0.39, 0.29) is 23.9 Å². The van der Waals surface area contributed by atoms with Gasteiger partial charge in [0.25, 0.3) is 5.91 Å². The monoisotopic (exact) mass is 480 g/mol. The molecule has 0 bridgehead atoms. The van der Waals surface area contributed by atoms with Crippen molar-refractivity contribution in [3.8, 4) is 5.69 Å². The first-order valence-corrected chi connectivity index (χ1v) is 13.1. The SMILES string of the molecule is CC(C)(C)C1CCC(CC(O)C(=O)N[C@@H]2CCC[C@H]2NC(=O)c2ccnn2-c2ccccc2)CC1. The number of aliphatic hydroxyl groups excluding tert-OH is 1. The van der Waals surface area contributed by atoms with Gasteiger partial charge in [0.15, 0.2) is 0 Å². The van der Waals surface area contributed by atoms with Gasteiger partial charge in [-0.3, -0.25) is 9.59 Å². The van der Waals surface area contributed by atoms with E-state index in [2.05, 4.69) is 36.5 Å². The highest BCUT2D eigenvalue weighted by molar-refractivity contribution is 5.93. The summed E-state index contributed by atoms with van der Waals surface area (Å²) in [5.41, 5.74) is 1.60. The molecule has 1 unspecified atom stereocenters. The Hall–Kier alpha value is -2.67. The van der Waals surface area contributed by atoms with E-state index in [4.69, 9.17) is 0 Å². The first kappa shape index (κ1) is 25.4. The van der Waals surface area contributed by atoms with Crippen molar-refractivity contribution in [1.29, 1.82) is 0 Å². The fraction of sp³-hybridized carbons (Fsp3) is 0.607. The molecule has 190 valence electrons. The second kappa shape index (κ2) is 10.9. The van der Waals surface area contributed by atoms with Crippen molar-refractivity contribution in [2.45, 2.75) is 90.3 Å². The Morgan fingerprint density at radius 1 is 1.00 bits per heavy atom. The molecule has 1 aromatic heterocycles. The number of hydrogen-bond acceptors (Lipinski definition) is 4. The third kappa shape index (κ3) is 6.31.